The summed E-state index contributed by atoms with van der Waals surface area (Å²) in [5.74, 6) is -0.393. The summed E-state index contributed by atoms with van der Waals surface area (Å²) in [5, 5.41) is 2.64. The molecule has 8 heteroatoms. The van der Waals surface area contributed by atoms with Crippen molar-refractivity contribution in [1.29, 1.82) is 0 Å². The second-order valence-corrected chi connectivity index (χ2v) is 9.73. The monoisotopic (exact) mass is 459 g/mol. The van der Waals surface area contributed by atoms with Crippen molar-refractivity contribution in [2.45, 2.75) is 45.7 Å². The number of aryl methyl sites for hydroxylation is 1. The van der Waals surface area contributed by atoms with Gasteiger partial charge >= 0.3 is 0 Å². The van der Waals surface area contributed by atoms with Crippen molar-refractivity contribution in [1.82, 2.24) is 10.2 Å². The van der Waals surface area contributed by atoms with Gasteiger partial charge in [-0.2, -0.15) is 0 Å². The number of nitrogens with zero attached hydrogens (tertiary/aromatic N) is 2. The fraction of sp³-hybridized carbons (Fsp3) is 0.417. The summed E-state index contributed by atoms with van der Waals surface area (Å²) in [6.45, 7) is 4.31. The van der Waals surface area contributed by atoms with Gasteiger partial charge < -0.3 is 10.2 Å². The van der Waals surface area contributed by atoms with Crippen LogP contribution in [-0.4, -0.2) is 51.0 Å². The van der Waals surface area contributed by atoms with Crippen LogP contribution in [0.15, 0.2) is 54.6 Å². The lowest BCUT2D eigenvalue weighted by molar-refractivity contribution is -0.141. The van der Waals surface area contributed by atoms with Crippen LogP contribution in [0.3, 0.4) is 0 Å². The highest BCUT2D eigenvalue weighted by Crippen LogP contribution is 2.20. The third-order valence-electron chi connectivity index (χ3n) is 5.30. The molecule has 1 N–H and O–H groups in total. The molecule has 2 aromatic carbocycles. The molecule has 1 atom stereocenters. The van der Waals surface area contributed by atoms with Crippen LogP contribution in [0.5, 0.6) is 0 Å². The number of benzene rings is 2. The van der Waals surface area contributed by atoms with Crippen LogP contribution in [0.1, 0.15) is 37.3 Å². The van der Waals surface area contributed by atoms with E-state index in [-0.39, 0.29) is 24.8 Å². The number of carbonyl (C=O) groups excluding carboxylic acids is 2. The van der Waals surface area contributed by atoms with Gasteiger partial charge in [0.1, 0.15) is 6.04 Å². The smallest absolute Gasteiger partial charge is 0.242 e. The molecule has 0 aliphatic heterocycles. The number of rotatable bonds is 11. The van der Waals surface area contributed by atoms with E-state index < -0.39 is 16.1 Å². The SMILES string of the molecule is CCC(C(=O)NC)N(Cc1ccccc1)C(=O)CCCN(c1ccc(C)cc1)S(C)(=O)=O. The van der Waals surface area contributed by atoms with Crippen molar-refractivity contribution in [3.63, 3.8) is 0 Å². The molecule has 0 heterocycles. The van der Waals surface area contributed by atoms with Crippen LogP contribution in [0.4, 0.5) is 5.69 Å². The Labute approximate surface area is 191 Å². The largest absolute Gasteiger partial charge is 0.357 e. The molecule has 0 aromatic heterocycles. The van der Waals surface area contributed by atoms with E-state index in [9.17, 15) is 18.0 Å². The lowest BCUT2D eigenvalue weighted by atomic mass is 10.1. The second-order valence-electron chi connectivity index (χ2n) is 7.82. The molecule has 2 aromatic rings. The molecule has 0 aliphatic rings. The Morgan fingerprint density at radius 3 is 2.19 bits per heavy atom. The number of hydrogen-bond donors (Lipinski definition) is 1. The zero-order chi connectivity index (χ0) is 23.7. The van der Waals surface area contributed by atoms with Gasteiger partial charge in [0.05, 0.1) is 11.9 Å². The predicted molar refractivity (Wildman–Crippen MR) is 128 cm³/mol. The molecule has 1 unspecified atom stereocenters. The fourth-order valence-electron chi connectivity index (χ4n) is 3.58. The van der Waals surface area contributed by atoms with Gasteiger partial charge in [-0.1, -0.05) is 55.0 Å². The molecular formula is C24H33N3O4S. The second kappa shape index (κ2) is 11.7. The van der Waals surface area contributed by atoms with Gasteiger partial charge in [0, 0.05) is 26.6 Å². The number of amides is 2. The van der Waals surface area contributed by atoms with Gasteiger partial charge in [-0.25, -0.2) is 8.42 Å². The predicted octanol–water partition coefficient (Wildman–Crippen LogP) is 3.09. The van der Waals surface area contributed by atoms with E-state index in [1.165, 1.54) is 4.31 Å². The lowest BCUT2D eigenvalue weighted by Gasteiger charge is -2.30. The molecule has 0 saturated heterocycles. The Balaban J connectivity index is 2.15. The fourth-order valence-corrected chi connectivity index (χ4v) is 4.55. The number of nitrogens with one attached hydrogen (secondary N) is 1. The van der Waals surface area contributed by atoms with Gasteiger partial charge in [-0.15, -0.1) is 0 Å². The third-order valence-corrected chi connectivity index (χ3v) is 6.50. The molecule has 0 saturated carbocycles. The van der Waals surface area contributed by atoms with E-state index in [0.717, 1.165) is 17.4 Å². The molecule has 0 aliphatic carbocycles. The maximum absolute atomic E-state index is 13.2. The number of likely N-dealkylation sites (N-methyl/N-ethyl adjacent to an activating group) is 1. The van der Waals surface area contributed by atoms with Crippen molar-refractivity contribution < 1.29 is 18.0 Å². The summed E-state index contributed by atoms with van der Waals surface area (Å²) < 4.78 is 26.0. The first-order chi connectivity index (χ1) is 15.2. The first-order valence-electron chi connectivity index (χ1n) is 10.8. The summed E-state index contributed by atoms with van der Waals surface area (Å²) in [6.07, 6.45) is 2.12. The third kappa shape index (κ3) is 7.09. The molecule has 32 heavy (non-hydrogen) atoms. The zero-order valence-electron chi connectivity index (χ0n) is 19.2. The Morgan fingerprint density at radius 1 is 1.03 bits per heavy atom. The standard InChI is InChI=1S/C24H33N3O4S/c1-5-22(24(29)25-3)26(18-20-10-7-6-8-11-20)23(28)12-9-17-27(32(4,30)31)21-15-13-19(2)14-16-21/h6-8,10-11,13-16,22H,5,9,12,17-18H2,1-4H3,(H,25,29). The quantitative estimate of drug-likeness (QED) is 0.559. The van der Waals surface area contributed by atoms with Crippen LogP contribution in [-0.2, 0) is 26.2 Å². The van der Waals surface area contributed by atoms with Gasteiger partial charge in [0.2, 0.25) is 21.8 Å². The topological polar surface area (TPSA) is 86.8 Å². The molecule has 2 rings (SSSR count). The van der Waals surface area contributed by atoms with Gasteiger partial charge in [0.15, 0.2) is 0 Å². The van der Waals surface area contributed by atoms with Crippen molar-refractivity contribution in [2.75, 3.05) is 24.2 Å². The van der Waals surface area contributed by atoms with E-state index in [0.29, 0.717) is 25.1 Å². The van der Waals surface area contributed by atoms with Crippen LogP contribution >= 0.6 is 0 Å². The van der Waals surface area contributed by atoms with E-state index in [1.54, 1.807) is 24.1 Å². The molecule has 0 fully saturated rings. The number of sulfonamides is 1. The Kier molecular flexibility index (Phi) is 9.26. The van der Waals surface area contributed by atoms with Crippen molar-refractivity contribution in [3.05, 3.63) is 65.7 Å². The van der Waals surface area contributed by atoms with Crippen LogP contribution in [0.2, 0.25) is 0 Å². The highest BCUT2D eigenvalue weighted by Gasteiger charge is 2.28. The minimum absolute atomic E-state index is 0.137. The minimum atomic E-state index is -3.49. The molecule has 174 valence electrons. The van der Waals surface area contributed by atoms with Crippen molar-refractivity contribution >= 4 is 27.5 Å². The van der Waals surface area contributed by atoms with Crippen molar-refractivity contribution in [3.8, 4) is 0 Å². The first-order valence-corrected chi connectivity index (χ1v) is 12.6. The van der Waals surface area contributed by atoms with E-state index in [1.807, 2.05) is 56.3 Å². The average molecular weight is 460 g/mol. The number of hydrogen-bond acceptors (Lipinski definition) is 4. The highest BCUT2D eigenvalue weighted by atomic mass is 32.2. The van der Waals surface area contributed by atoms with Gasteiger partial charge in [-0.3, -0.25) is 13.9 Å². The zero-order valence-corrected chi connectivity index (χ0v) is 20.1. The van der Waals surface area contributed by atoms with Crippen LogP contribution in [0.25, 0.3) is 0 Å². The maximum Gasteiger partial charge on any atom is 0.242 e. The molecule has 0 radical (unpaired) electrons. The summed E-state index contributed by atoms with van der Waals surface area (Å²) in [5.41, 5.74) is 2.54. The van der Waals surface area contributed by atoms with Crippen molar-refractivity contribution in [2.24, 2.45) is 0 Å². The molecule has 0 spiro atoms. The molecule has 7 nitrogen and oxygen atoms in total. The normalized spacial score (nSPS) is 12.1. The van der Waals surface area contributed by atoms with E-state index in [2.05, 4.69) is 5.32 Å². The lowest BCUT2D eigenvalue weighted by Crippen LogP contribution is -2.48. The van der Waals surface area contributed by atoms with E-state index in [4.69, 9.17) is 0 Å². The van der Waals surface area contributed by atoms with Gasteiger partial charge in [-0.05, 0) is 37.5 Å². The molecular weight excluding hydrogens is 426 g/mol. The number of anilines is 1. The average Bonchev–Trinajstić information content (AvgIpc) is 2.77. The summed E-state index contributed by atoms with van der Waals surface area (Å²) in [6, 6.07) is 16.2. The Bertz CT molecular complexity index is 992. The summed E-state index contributed by atoms with van der Waals surface area (Å²) in [4.78, 5) is 27.2. The maximum atomic E-state index is 13.2. The first kappa shape index (κ1) is 25.4. The summed E-state index contributed by atoms with van der Waals surface area (Å²) >= 11 is 0. The Hall–Kier alpha value is -2.87. The highest BCUT2D eigenvalue weighted by molar-refractivity contribution is 7.92. The Morgan fingerprint density at radius 2 is 1.66 bits per heavy atom. The van der Waals surface area contributed by atoms with Gasteiger partial charge in [0.25, 0.3) is 0 Å². The molecule has 0 bridgehead atoms. The number of carbonyl (C=O) groups is 2. The van der Waals surface area contributed by atoms with Crippen LogP contribution in [0, 0.1) is 6.92 Å². The summed E-state index contributed by atoms with van der Waals surface area (Å²) in [7, 11) is -1.93. The minimum Gasteiger partial charge on any atom is -0.357 e. The van der Waals surface area contributed by atoms with E-state index >= 15 is 0 Å². The van der Waals surface area contributed by atoms with Crippen LogP contribution < -0.4 is 9.62 Å². The molecule has 2 amide bonds.